The van der Waals surface area contributed by atoms with Crippen LogP contribution in [0.2, 0.25) is 0 Å². The van der Waals surface area contributed by atoms with E-state index >= 15 is 0 Å². The van der Waals surface area contributed by atoms with Gasteiger partial charge in [-0.3, -0.25) is 4.79 Å². The minimum atomic E-state index is -1.01. The number of rotatable bonds is 5. The summed E-state index contributed by atoms with van der Waals surface area (Å²) in [7, 11) is 0. The lowest BCUT2D eigenvalue weighted by atomic mass is 10.0. The highest BCUT2D eigenvalue weighted by Gasteiger charge is 2.23. The molecule has 1 aromatic rings. The number of carbonyl (C=O) groups excluding carboxylic acids is 1. The zero-order chi connectivity index (χ0) is 14.6. The average molecular weight is 328 g/mol. The van der Waals surface area contributed by atoms with Crippen LogP contribution in [0, 0.1) is 12.8 Å². The Bertz CT molecular complexity index is 486. The number of carboxylic acids is 1. The van der Waals surface area contributed by atoms with Crippen LogP contribution in [0.1, 0.15) is 25.0 Å². The number of benzene rings is 1. The fourth-order valence-electron chi connectivity index (χ4n) is 1.75. The molecule has 0 saturated carbocycles. The Morgan fingerprint density at radius 3 is 2.53 bits per heavy atom. The van der Waals surface area contributed by atoms with E-state index in [9.17, 15) is 9.59 Å². The van der Waals surface area contributed by atoms with Gasteiger partial charge in [0.25, 0.3) is 0 Å². The highest BCUT2D eigenvalue weighted by molar-refractivity contribution is 9.10. The van der Waals surface area contributed by atoms with Gasteiger partial charge in [-0.2, -0.15) is 0 Å². The van der Waals surface area contributed by atoms with Crippen molar-refractivity contribution in [2.24, 2.45) is 5.92 Å². The quantitative estimate of drug-likeness (QED) is 0.873. The summed E-state index contributed by atoms with van der Waals surface area (Å²) in [6.45, 7) is 5.46. The van der Waals surface area contributed by atoms with Crippen molar-refractivity contribution in [2.45, 2.75) is 33.2 Å². The Morgan fingerprint density at radius 2 is 2.00 bits per heavy atom. The second-order valence-corrected chi connectivity index (χ2v) is 5.68. The lowest BCUT2D eigenvalue weighted by Crippen LogP contribution is -2.44. The van der Waals surface area contributed by atoms with Gasteiger partial charge in [0.15, 0.2) is 0 Å². The van der Waals surface area contributed by atoms with Gasteiger partial charge >= 0.3 is 5.97 Å². The largest absolute Gasteiger partial charge is 0.480 e. The fraction of sp³-hybridized carbons (Fsp3) is 0.429. The average Bonchev–Trinajstić information content (AvgIpc) is 2.31. The molecular formula is C14H18BrNO3. The molecule has 0 bridgehead atoms. The van der Waals surface area contributed by atoms with Crippen LogP contribution in [0.15, 0.2) is 22.7 Å². The van der Waals surface area contributed by atoms with Gasteiger partial charge < -0.3 is 10.4 Å². The van der Waals surface area contributed by atoms with E-state index in [0.717, 1.165) is 15.6 Å². The van der Waals surface area contributed by atoms with Crippen molar-refractivity contribution in [1.82, 2.24) is 5.32 Å². The second kappa shape index (κ2) is 6.70. The van der Waals surface area contributed by atoms with E-state index in [2.05, 4.69) is 21.2 Å². The maximum atomic E-state index is 11.9. The van der Waals surface area contributed by atoms with E-state index < -0.39 is 12.0 Å². The van der Waals surface area contributed by atoms with Crippen molar-refractivity contribution >= 4 is 27.8 Å². The van der Waals surface area contributed by atoms with E-state index in [-0.39, 0.29) is 18.2 Å². The molecule has 0 aliphatic carbocycles. The smallest absolute Gasteiger partial charge is 0.326 e. The molecule has 19 heavy (non-hydrogen) atoms. The third kappa shape index (κ3) is 4.35. The molecule has 0 aliphatic rings. The molecule has 0 heterocycles. The predicted molar refractivity (Wildman–Crippen MR) is 77.0 cm³/mol. The first kappa shape index (κ1) is 15.7. The van der Waals surface area contributed by atoms with Crippen molar-refractivity contribution in [3.63, 3.8) is 0 Å². The Kier molecular flexibility index (Phi) is 5.54. The van der Waals surface area contributed by atoms with Crippen LogP contribution in [-0.4, -0.2) is 23.0 Å². The van der Waals surface area contributed by atoms with E-state index in [1.54, 1.807) is 13.8 Å². The van der Waals surface area contributed by atoms with Crippen LogP contribution in [0.25, 0.3) is 0 Å². The number of carboxylic acid groups (broad SMARTS) is 1. The number of aliphatic carboxylic acids is 1. The van der Waals surface area contributed by atoms with Crippen molar-refractivity contribution in [2.75, 3.05) is 0 Å². The van der Waals surface area contributed by atoms with Gasteiger partial charge in [-0.25, -0.2) is 4.79 Å². The maximum absolute atomic E-state index is 11.9. The Morgan fingerprint density at radius 1 is 1.37 bits per heavy atom. The van der Waals surface area contributed by atoms with Crippen molar-refractivity contribution in [1.29, 1.82) is 0 Å². The number of halogens is 1. The molecule has 0 aliphatic heterocycles. The highest BCUT2D eigenvalue weighted by Crippen LogP contribution is 2.19. The molecule has 5 heteroatoms. The maximum Gasteiger partial charge on any atom is 0.326 e. The molecular weight excluding hydrogens is 310 g/mol. The molecule has 1 amide bonds. The summed E-state index contributed by atoms with van der Waals surface area (Å²) in [5, 5.41) is 11.6. The van der Waals surface area contributed by atoms with Gasteiger partial charge in [0, 0.05) is 4.47 Å². The monoisotopic (exact) mass is 327 g/mol. The molecule has 0 saturated heterocycles. The van der Waals surface area contributed by atoms with E-state index in [0.29, 0.717) is 0 Å². The van der Waals surface area contributed by atoms with E-state index in [4.69, 9.17) is 5.11 Å². The van der Waals surface area contributed by atoms with Gasteiger partial charge in [0.05, 0.1) is 6.42 Å². The number of carbonyl (C=O) groups is 2. The molecule has 2 N–H and O–H groups in total. The summed E-state index contributed by atoms with van der Waals surface area (Å²) >= 11 is 3.41. The van der Waals surface area contributed by atoms with Crippen molar-refractivity contribution < 1.29 is 14.7 Å². The lowest BCUT2D eigenvalue weighted by Gasteiger charge is -2.18. The molecule has 0 unspecified atom stereocenters. The van der Waals surface area contributed by atoms with Crippen LogP contribution < -0.4 is 5.32 Å². The number of amides is 1. The van der Waals surface area contributed by atoms with Gasteiger partial charge in [-0.1, -0.05) is 41.9 Å². The summed E-state index contributed by atoms with van der Waals surface area (Å²) in [6.07, 6.45) is 0.182. The normalized spacial score (nSPS) is 12.3. The summed E-state index contributed by atoms with van der Waals surface area (Å²) in [4.78, 5) is 22.9. The molecule has 0 fully saturated rings. The van der Waals surface area contributed by atoms with E-state index in [1.165, 1.54) is 0 Å². The van der Waals surface area contributed by atoms with Crippen LogP contribution in [-0.2, 0) is 16.0 Å². The van der Waals surface area contributed by atoms with Crippen molar-refractivity contribution in [3.8, 4) is 0 Å². The summed E-state index contributed by atoms with van der Waals surface area (Å²) in [6, 6.07) is 4.78. The molecule has 1 aromatic carbocycles. The molecule has 1 rings (SSSR count). The molecule has 1 atom stereocenters. The van der Waals surface area contributed by atoms with Crippen molar-refractivity contribution in [3.05, 3.63) is 33.8 Å². The highest BCUT2D eigenvalue weighted by atomic mass is 79.9. The Balaban J connectivity index is 2.75. The van der Waals surface area contributed by atoms with Crippen LogP contribution in [0.5, 0.6) is 0 Å². The zero-order valence-corrected chi connectivity index (χ0v) is 12.8. The molecule has 0 spiro atoms. The SMILES string of the molecule is Cc1c(Br)cccc1CC(=O)N[C@H](C(=O)O)C(C)C. The van der Waals surface area contributed by atoms with Gasteiger partial charge in [0.2, 0.25) is 5.91 Å². The first-order valence-corrected chi connectivity index (χ1v) is 6.88. The lowest BCUT2D eigenvalue weighted by molar-refractivity contribution is -0.143. The zero-order valence-electron chi connectivity index (χ0n) is 11.2. The number of nitrogens with one attached hydrogen (secondary N) is 1. The van der Waals surface area contributed by atoms with Gasteiger partial charge in [-0.05, 0) is 30.0 Å². The Labute approximate surface area is 121 Å². The summed E-state index contributed by atoms with van der Waals surface area (Å²) in [5.74, 6) is -1.43. The van der Waals surface area contributed by atoms with Crippen LogP contribution >= 0.6 is 15.9 Å². The fourth-order valence-corrected chi connectivity index (χ4v) is 2.16. The topological polar surface area (TPSA) is 66.4 Å². The number of hydrogen-bond donors (Lipinski definition) is 2. The standard InChI is InChI=1S/C14H18BrNO3/c1-8(2)13(14(18)19)16-12(17)7-10-5-4-6-11(15)9(10)3/h4-6,8,13H,7H2,1-3H3,(H,16,17)(H,18,19)/t13-/m0/s1. The molecule has 104 valence electrons. The van der Waals surface area contributed by atoms with Crippen LogP contribution in [0.3, 0.4) is 0 Å². The predicted octanol–water partition coefficient (Wildman–Crippen LogP) is 2.53. The van der Waals surface area contributed by atoms with Gasteiger partial charge in [0.1, 0.15) is 6.04 Å². The molecule has 0 radical (unpaired) electrons. The minimum absolute atomic E-state index is 0.148. The Hall–Kier alpha value is -1.36. The first-order valence-electron chi connectivity index (χ1n) is 6.09. The minimum Gasteiger partial charge on any atom is -0.480 e. The second-order valence-electron chi connectivity index (χ2n) is 4.83. The molecule has 0 aromatic heterocycles. The number of hydrogen-bond acceptors (Lipinski definition) is 2. The third-order valence-corrected chi connectivity index (χ3v) is 3.84. The molecule has 4 nitrogen and oxygen atoms in total. The van der Waals surface area contributed by atoms with E-state index in [1.807, 2.05) is 25.1 Å². The summed E-state index contributed by atoms with van der Waals surface area (Å²) < 4.78 is 0.941. The summed E-state index contributed by atoms with van der Waals surface area (Å²) in [5.41, 5.74) is 1.88. The van der Waals surface area contributed by atoms with Gasteiger partial charge in [-0.15, -0.1) is 0 Å². The first-order chi connectivity index (χ1) is 8.82. The van der Waals surface area contributed by atoms with Crippen LogP contribution in [0.4, 0.5) is 0 Å². The third-order valence-electron chi connectivity index (χ3n) is 2.98.